The Balaban J connectivity index is 2.55. The van der Waals surface area contributed by atoms with Crippen LogP contribution < -0.4 is 0 Å². The van der Waals surface area contributed by atoms with Gasteiger partial charge in [0.15, 0.2) is 0 Å². The number of hydrogen-bond donors (Lipinski definition) is 0. The fourth-order valence-corrected chi connectivity index (χ4v) is 2.29. The van der Waals surface area contributed by atoms with Crippen molar-refractivity contribution >= 4 is 5.91 Å². The average molecular weight is 258 g/mol. The molecule has 18 heavy (non-hydrogen) atoms. The molecular weight excluding hydrogens is 238 g/mol. The lowest BCUT2D eigenvalue weighted by Gasteiger charge is -2.32. The number of carbonyl (C=O) groups excluding carboxylic acids is 1. The molecule has 0 heterocycles. The van der Waals surface area contributed by atoms with E-state index in [-0.39, 0.29) is 43.4 Å². The lowest BCUT2D eigenvalue weighted by atomic mass is 9.85. The summed E-state index contributed by atoms with van der Waals surface area (Å²) in [5.74, 6) is -3.20. The Kier molecular flexibility index (Phi) is 5.06. The molecule has 0 aromatic rings. The van der Waals surface area contributed by atoms with Crippen molar-refractivity contribution in [2.75, 3.05) is 13.1 Å². The molecule has 1 amide bonds. The van der Waals surface area contributed by atoms with Crippen LogP contribution in [0.25, 0.3) is 0 Å². The Labute approximate surface area is 107 Å². The first-order chi connectivity index (χ1) is 8.39. The minimum absolute atomic E-state index is 0.0740. The molecule has 102 valence electrons. The van der Waals surface area contributed by atoms with Gasteiger partial charge in [0.2, 0.25) is 11.8 Å². The Hall–Kier alpha value is -1.18. The first kappa shape index (κ1) is 14.9. The number of amides is 1. The van der Waals surface area contributed by atoms with E-state index in [1.54, 1.807) is 11.8 Å². The number of alkyl halides is 2. The van der Waals surface area contributed by atoms with Crippen LogP contribution in [-0.4, -0.2) is 29.8 Å². The number of hydrogen-bond acceptors (Lipinski definition) is 2. The zero-order chi connectivity index (χ0) is 13.8. The molecule has 0 aliphatic heterocycles. The summed E-state index contributed by atoms with van der Waals surface area (Å²) in [6.07, 6.45) is 0.107. The summed E-state index contributed by atoms with van der Waals surface area (Å²) < 4.78 is 26.0. The zero-order valence-corrected chi connectivity index (χ0v) is 11.0. The van der Waals surface area contributed by atoms with Crippen molar-refractivity contribution in [1.82, 2.24) is 4.90 Å². The van der Waals surface area contributed by atoms with Gasteiger partial charge in [0, 0.05) is 31.8 Å². The summed E-state index contributed by atoms with van der Waals surface area (Å²) in [4.78, 5) is 13.8. The van der Waals surface area contributed by atoms with Crippen molar-refractivity contribution in [1.29, 1.82) is 5.26 Å². The van der Waals surface area contributed by atoms with Gasteiger partial charge < -0.3 is 4.90 Å². The minimum atomic E-state index is -2.60. The van der Waals surface area contributed by atoms with E-state index >= 15 is 0 Å². The van der Waals surface area contributed by atoms with Crippen LogP contribution in [0.5, 0.6) is 0 Å². The number of halogens is 2. The summed E-state index contributed by atoms with van der Waals surface area (Å²) in [7, 11) is 0. The molecule has 1 fully saturated rings. The third-order valence-corrected chi connectivity index (χ3v) is 3.47. The standard InChI is InChI=1S/C13H20F2N2O/c1-3-17(9-10(2)8-16)12(18)11-4-6-13(14,15)7-5-11/h10-11H,3-7,9H2,1-2H3. The molecule has 1 atom stereocenters. The molecule has 0 bridgehead atoms. The second kappa shape index (κ2) is 6.12. The van der Waals surface area contributed by atoms with E-state index < -0.39 is 5.92 Å². The van der Waals surface area contributed by atoms with Crippen LogP contribution in [-0.2, 0) is 4.79 Å². The Morgan fingerprint density at radius 1 is 1.50 bits per heavy atom. The topological polar surface area (TPSA) is 44.1 Å². The SMILES string of the molecule is CCN(CC(C)C#N)C(=O)C1CCC(F)(F)CC1. The Bertz CT molecular complexity index is 328. The van der Waals surface area contributed by atoms with Gasteiger partial charge in [-0.2, -0.15) is 5.26 Å². The quantitative estimate of drug-likeness (QED) is 0.778. The molecule has 0 N–H and O–H groups in total. The molecule has 5 heteroatoms. The van der Waals surface area contributed by atoms with Gasteiger partial charge in [-0.05, 0) is 26.7 Å². The van der Waals surface area contributed by atoms with Gasteiger partial charge in [-0.3, -0.25) is 4.79 Å². The Morgan fingerprint density at radius 3 is 2.50 bits per heavy atom. The monoisotopic (exact) mass is 258 g/mol. The van der Waals surface area contributed by atoms with E-state index in [1.807, 2.05) is 6.92 Å². The molecule has 3 nitrogen and oxygen atoms in total. The predicted octanol–water partition coefficient (Wildman–Crippen LogP) is 2.82. The summed E-state index contributed by atoms with van der Waals surface area (Å²) in [6, 6.07) is 2.09. The van der Waals surface area contributed by atoms with Crippen LogP contribution in [0.3, 0.4) is 0 Å². The fraction of sp³-hybridized carbons (Fsp3) is 0.846. The van der Waals surface area contributed by atoms with Gasteiger partial charge in [0.1, 0.15) is 0 Å². The number of carbonyl (C=O) groups is 1. The summed E-state index contributed by atoms with van der Waals surface area (Å²) in [6.45, 7) is 4.51. The van der Waals surface area contributed by atoms with E-state index in [0.29, 0.717) is 13.1 Å². The largest absolute Gasteiger partial charge is 0.341 e. The van der Waals surface area contributed by atoms with Crippen LogP contribution in [0, 0.1) is 23.2 Å². The molecule has 0 saturated heterocycles. The van der Waals surface area contributed by atoms with Gasteiger partial charge in [0.05, 0.1) is 12.0 Å². The van der Waals surface area contributed by atoms with Crippen molar-refractivity contribution < 1.29 is 13.6 Å². The normalized spacial score (nSPS) is 21.1. The van der Waals surface area contributed by atoms with Gasteiger partial charge in [-0.25, -0.2) is 8.78 Å². The van der Waals surface area contributed by atoms with E-state index in [4.69, 9.17) is 5.26 Å². The molecule has 0 aromatic carbocycles. The first-order valence-corrected chi connectivity index (χ1v) is 6.46. The van der Waals surface area contributed by atoms with E-state index in [1.165, 1.54) is 0 Å². The summed E-state index contributed by atoms with van der Waals surface area (Å²) in [5, 5.41) is 8.75. The molecule has 1 aliphatic rings. The van der Waals surface area contributed by atoms with Crippen LogP contribution in [0.4, 0.5) is 8.78 Å². The highest BCUT2D eigenvalue weighted by Crippen LogP contribution is 2.36. The average Bonchev–Trinajstić information content (AvgIpc) is 2.34. The molecule has 0 radical (unpaired) electrons. The van der Waals surface area contributed by atoms with Crippen molar-refractivity contribution in [2.45, 2.75) is 45.5 Å². The minimum Gasteiger partial charge on any atom is -0.341 e. The highest BCUT2D eigenvalue weighted by Gasteiger charge is 2.38. The molecule has 1 saturated carbocycles. The third-order valence-electron chi connectivity index (χ3n) is 3.47. The Morgan fingerprint density at radius 2 is 2.06 bits per heavy atom. The van der Waals surface area contributed by atoms with Gasteiger partial charge >= 0.3 is 0 Å². The summed E-state index contributed by atoms with van der Waals surface area (Å²) in [5.41, 5.74) is 0. The first-order valence-electron chi connectivity index (χ1n) is 6.46. The molecular formula is C13H20F2N2O. The van der Waals surface area contributed by atoms with Crippen molar-refractivity contribution in [3.8, 4) is 6.07 Å². The van der Waals surface area contributed by atoms with E-state index in [2.05, 4.69) is 6.07 Å². The van der Waals surface area contributed by atoms with Gasteiger partial charge in [-0.1, -0.05) is 0 Å². The maximum absolute atomic E-state index is 13.0. The molecule has 1 aliphatic carbocycles. The van der Waals surface area contributed by atoms with Crippen molar-refractivity contribution in [3.05, 3.63) is 0 Å². The van der Waals surface area contributed by atoms with E-state index in [0.717, 1.165) is 0 Å². The zero-order valence-electron chi connectivity index (χ0n) is 11.0. The molecule has 0 spiro atoms. The molecule has 1 rings (SSSR count). The van der Waals surface area contributed by atoms with E-state index in [9.17, 15) is 13.6 Å². The van der Waals surface area contributed by atoms with Gasteiger partial charge in [-0.15, -0.1) is 0 Å². The molecule has 1 unspecified atom stereocenters. The second-order valence-electron chi connectivity index (χ2n) is 5.04. The highest BCUT2D eigenvalue weighted by molar-refractivity contribution is 5.79. The van der Waals surface area contributed by atoms with Crippen LogP contribution >= 0.6 is 0 Å². The number of rotatable bonds is 4. The maximum atomic E-state index is 13.0. The fourth-order valence-electron chi connectivity index (χ4n) is 2.29. The predicted molar refractivity (Wildman–Crippen MR) is 63.9 cm³/mol. The van der Waals surface area contributed by atoms with Crippen LogP contribution in [0.2, 0.25) is 0 Å². The smallest absolute Gasteiger partial charge is 0.248 e. The summed E-state index contributed by atoms with van der Waals surface area (Å²) >= 11 is 0. The second-order valence-corrected chi connectivity index (χ2v) is 5.04. The highest BCUT2D eigenvalue weighted by atomic mass is 19.3. The lowest BCUT2D eigenvalue weighted by molar-refractivity contribution is -0.139. The van der Waals surface area contributed by atoms with Gasteiger partial charge in [0.25, 0.3) is 0 Å². The molecule has 0 aromatic heterocycles. The van der Waals surface area contributed by atoms with Crippen molar-refractivity contribution in [2.24, 2.45) is 11.8 Å². The number of nitriles is 1. The third kappa shape index (κ3) is 3.94. The number of nitrogens with zero attached hydrogens (tertiary/aromatic N) is 2. The van der Waals surface area contributed by atoms with Crippen molar-refractivity contribution in [3.63, 3.8) is 0 Å². The van der Waals surface area contributed by atoms with Crippen LogP contribution in [0.15, 0.2) is 0 Å². The lowest BCUT2D eigenvalue weighted by Crippen LogP contribution is -2.41. The van der Waals surface area contributed by atoms with Crippen LogP contribution in [0.1, 0.15) is 39.5 Å². The maximum Gasteiger partial charge on any atom is 0.248 e.